The average molecular weight is 312 g/mol. The molecule has 1 saturated heterocycles. The van der Waals surface area contributed by atoms with Crippen LogP contribution in [0.5, 0.6) is 0 Å². The van der Waals surface area contributed by atoms with Crippen LogP contribution in [0.1, 0.15) is 12.8 Å². The molecule has 116 valence electrons. The Bertz CT molecular complexity index is 570. The minimum atomic E-state index is -3.60. The third-order valence-corrected chi connectivity index (χ3v) is 5.00. The number of pyridine rings is 1. The number of carbonyl (C=O) groups excluding carboxylic acids is 1. The van der Waals surface area contributed by atoms with Crippen LogP contribution in [0.4, 0.5) is 0 Å². The predicted octanol–water partition coefficient (Wildman–Crippen LogP) is -0.430. The van der Waals surface area contributed by atoms with Gasteiger partial charge in [-0.2, -0.15) is 0 Å². The molecule has 2 heterocycles. The maximum Gasteiger partial charge on any atom is 0.242 e. The molecule has 0 aliphatic carbocycles. The fraction of sp³-hybridized carbons (Fsp3) is 0.538. The summed E-state index contributed by atoms with van der Waals surface area (Å²) in [5, 5.41) is 3.20. The molecule has 0 aromatic carbocycles. The van der Waals surface area contributed by atoms with Crippen LogP contribution in [0.25, 0.3) is 0 Å². The summed E-state index contributed by atoms with van der Waals surface area (Å²) in [4.78, 5) is 17.6. The number of amides is 1. The number of rotatable bonds is 6. The van der Waals surface area contributed by atoms with E-state index in [9.17, 15) is 13.2 Å². The molecule has 1 aromatic heterocycles. The number of nitrogens with zero attached hydrogens (tertiary/aromatic N) is 2. The summed E-state index contributed by atoms with van der Waals surface area (Å²) in [6.07, 6.45) is 3.86. The third kappa shape index (κ3) is 4.23. The Balaban J connectivity index is 1.82. The second-order valence-corrected chi connectivity index (χ2v) is 6.75. The van der Waals surface area contributed by atoms with Gasteiger partial charge in [-0.25, -0.2) is 13.1 Å². The van der Waals surface area contributed by atoms with Crippen LogP contribution in [-0.2, 0) is 14.8 Å². The van der Waals surface area contributed by atoms with Gasteiger partial charge < -0.3 is 10.2 Å². The lowest BCUT2D eigenvalue weighted by molar-refractivity contribution is -0.131. The van der Waals surface area contributed by atoms with Gasteiger partial charge in [0.2, 0.25) is 15.9 Å². The molecule has 0 bridgehead atoms. The molecule has 2 N–H and O–H groups in total. The molecule has 8 heteroatoms. The number of hydrogen-bond acceptors (Lipinski definition) is 5. The SMILES string of the molecule is CN(C(=O)CCNS(=O)(=O)c1cccnc1)C1CCNC1. The summed E-state index contributed by atoms with van der Waals surface area (Å²) >= 11 is 0. The van der Waals surface area contributed by atoms with Crippen molar-refractivity contribution >= 4 is 15.9 Å². The first-order chi connectivity index (χ1) is 10.0. The average Bonchev–Trinajstić information content (AvgIpc) is 3.01. The largest absolute Gasteiger partial charge is 0.341 e. The third-order valence-electron chi connectivity index (χ3n) is 3.55. The van der Waals surface area contributed by atoms with Crippen LogP contribution in [0.3, 0.4) is 0 Å². The van der Waals surface area contributed by atoms with Crippen LogP contribution in [0.15, 0.2) is 29.4 Å². The van der Waals surface area contributed by atoms with Crippen molar-refractivity contribution in [2.45, 2.75) is 23.8 Å². The number of carbonyl (C=O) groups is 1. The second-order valence-electron chi connectivity index (χ2n) is 4.99. The number of aromatic nitrogens is 1. The van der Waals surface area contributed by atoms with Gasteiger partial charge >= 0.3 is 0 Å². The van der Waals surface area contributed by atoms with Crippen molar-refractivity contribution in [3.05, 3.63) is 24.5 Å². The first-order valence-corrected chi connectivity index (χ1v) is 8.35. The van der Waals surface area contributed by atoms with Crippen molar-refractivity contribution in [1.82, 2.24) is 19.9 Å². The number of nitrogens with one attached hydrogen (secondary N) is 2. The topological polar surface area (TPSA) is 91.4 Å². The van der Waals surface area contributed by atoms with Gasteiger partial charge in [0.15, 0.2) is 0 Å². The Morgan fingerprint density at radius 1 is 1.57 bits per heavy atom. The van der Waals surface area contributed by atoms with E-state index >= 15 is 0 Å². The van der Waals surface area contributed by atoms with Crippen molar-refractivity contribution in [2.75, 3.05) is 26.7 Å². The Kier molecular flexibility index (Phi) is 5.27. The summed E-state index contributed by atoms with van der Waals surface area (Å²) in [6, 6.07) is 3.22. The number of likely N-dealkylation sites (N-methyl/N-ethyl adjacent to an activating group) is 1. The first kappa shape index (κ1) is 15.9. The smallest absolute Gasteiger partial charge is 0.242 e. The van der Waals surface area contributed by atoms with Gasteiger partial charge in [0.25, 0.3) is 0 Å². The lowest BCUT2D eigenvalue weighted by Gasteiger charge is -2.23. The normalized spacial score (nSPS) is 18.6. The highest BCUT2D eigenvalue weighted by atomic mass is 32.2. The maximum atomic E-state index is 12.0. The zero-order valence-electron chi connectivity index (χ0n) is 11.9. The van der Waals surface area contributed by atoms with Crippen molar-refractivity contribution in [1.29, 1.82) is 0 Å². The van der Waals surface area contributed by atoms with E-state index in [1.807, 2.05) is 0 Å². The highest BCUT2D eigenvalue weighted by molar-refractivity contribution is 7.89. The van der Waals surface area contributed by atoms with Crippen molar-refractivity contribution < 1.29 is 13.2 Å². The Morgan fingerprint density at radius 3 is 3.00 bits per heavy atom. The van der Waals surface area contributed by atoms with Gasteiger partial charge in [-0.3, -0.25) is 9.78 Å². The van der Waals surface area contributed by atoms with Gasteiger partial charge in [0.05, 0.1) is 0 Å². The zero-order valence-corrected chi connectivity index (χ0v) is 12.8. The van der Waals surface area contributed by atoms with Gasteiger partial charge in [0.1, 0.15) is 4.90 Å². The van der Waals surface area contributed by atoms with Crippen molar-refractivity contribution in [2.24, 2.45) is 0 Å². The van der Waals surface area contributed by atoms with Gasteiger partial charge in [-0.05, 0) is 25.1 Å². The van der Waals surface area contributed by atoms with Gasteiger partial charge in [0, 0.05) is 45.0 Å². The molecule has 0 saturated carbocycles. The minimum Gasteiger partial charge on any atom is -0.341 e. The molecule has 21 heavy (non-hydrogen) atoms. The standard InChI is InChI=1S/C13H20N4O3S/c1-17(11-4-7-15-9-11)13(18)5-8-16-21(19,20)12-3-2-6-14-10-12/h2-3,6,10-11,15-16H,4-5,7-9H2,1H3. The lowest BCUT2D eigenvalue weighted by Crippen LogP contribution is -2.40. The van der Waals surface area contributed by atoms with Crippen LogP contribution >= 0.6 is 0 Å². The molecule has 1 atom stereocenters. The molecule has 1 fully saturated rings. The fourth-order valence-electron chi connectivity index (χ4n) is 2.23. The quantitative estimate of drug-likeness (QED) is 0.744. The molecular formula is C13H20N4O3S. The van der Waals surface area contributed by atoms with E-state index in [2.05, 4.69) is 15.0 Å². The summed E-state index contributed by atoms with van der Waals surface area (Å²) in [6.45, 7) is 1.79. The number of sulfonamides is 1. The maximum absolute atomic E-state index is 12.0. The monoisotopic (exact) mass is 312 g/mol. The Labute approximate surface area is 124 Å². The van der Waals surface area contributed by atoms with Crippen molar-refractivity contribution in [3.8, 4) is 0 Å². The molecule has 1 amide bonds. The summed E-state index contributed by atoms with van der Waals surface area (Å²) in [5.41, 5.74) is 0. The van der Waals surface area contributed by atoms with Gasteiger partial charge in [-0.15, -0.1) is 0 Å². The first-order valence-electron chi connectivity index (χ1n) is 6.87. The molecule has 2 rings (SSSR count). The van der Waals surface area contributed by atoms with Crippen LogP contribution in [0, 0.1) is 0 Å². The van der Waals surface area contributed by atoms with Crippen LogP contribution in [-0.4, -0.2) is 56.9 Å². The molecular weight excluding hydrogens is 292 g/mol. The fourth-order valence-corrected chi connectivity index (χ4v) is 3.23. The van der Waals surface area contributed by atoms with E-state index in [0.29, 0.717) is 0 Å². The van der Waals surface area contributed by atoms with E-state index in [4.69, 9.17) is 0 Å². The molecule has 1 aliphatic rings. The molecule has 7 nitrogen and oxygen atoms in total. The van der Waals surface area contributed by atoms with Gasteiger partial charge in [-0.1, -0.05) is 0 Å². The van der Waals surface area contributed by atoms with E-state index in [1.165, 1.54) is 18.5 Å². The predicted molar refractivity (Wildman–Crippen MR) is 78.1 cm³/mol. The van der Waals surface area contributed by atoms with Crippen LogP contribution < -0.4 is 10.0 Å². The summed E-state index contributed by atoms with van der Waals surface area (Å²) in [7, 11) is -1.84. The van der Waals surface area contributed by atoms with E-state index < -0.39 is 10.0 Å². The molecule has 0 spiro atoms. The molecule has 1 aromatic rings. The summed E-state index contributed by atoms with van der Waals surface area (Å²) in [5.74, 6) is -0.0578. The van der Waals surface area contributed by atoms with Crippen molar-refractivity contribution in [3.63, 3.8) is 0 Å². The van der Waals surface area contributed by atoms with E-state index in [0.717, 1.165) is 19.5 Å². The van der Waals surface area contributed by atoms with E-state index in [1.54, 1.807) is 18.0 Å². The lowest BCUT2D eigenvalue weighted by atomic mass is 10.2. The minimum absolute atomic E-state index is 0.0578. The highest BCUT2D eigenvalue weighted by Gasteiger charge is 2.23. The number of hydrogen-bond donors (Lipinski definition) is 2. The summed E-state index contributed by atoms with van der Waals surface area (Å²) < 4.78 is 26.3. The van der Waals surface area contributed by atoms with Crippen LogP contribution in [0.2, 0.25) is 0 Å². The molecule has 0 radical (unpaired) electrons. The van der Waals surface area contributed by atoms with E-state index in [-0.39, 0.29) is 29.8 Å². The highest BCUT2D eigenvalue weighted by Crippen LogP contribution is 2.08. The second kappa shape index (κ2) is 6.97. The molecule has 1 aliphatic heterocycles. The molecule has 1 unspecified atom stereocenters. The zero-order chi connectivity index (χ0) is 15.3. The Hall–Kier alpha value is -1.51. The Morgan fingerprint density at radius 2 is 2.38 bits per heavy atom.